The van der Waals surface area contributed by atoms with Crippen LogP contribution >= 0.6 is 0 Å². The summed E-state index contributed by atoms with van der Waals surface area (Å²) >= 11 is 0. The lowest BCUT2D eigenvalue weighted by Crippen LogP contribution is -2.42. The van der Waals surface area contributed by atoms with E-state index >= 15 is 0 Å². The summed E-state index contributed by atoms with van der Waals surface area (Å²) in [5, 5.41) is 8.12. The van der Waals surface area contributed by atoms with Crippen LogP contribution < -0.4 is 5.32 Å². The zero-order valence-corrected chi connectivity index (χ0v) is 11.2. The molecule has 2 heterocycles. The number of ether oxygens (including phenoxy) is 1. The molecule has 2 aromatic rings. The average Bonchev–Trinajstić information content (AvgIpc) is 3.07. The van der Waals surface area contributed by atoms with Crippen LogP contribution in [0.1, 0.15) is 19.0 Å². The van der Waals surface area contributed by atoms with Gasteiger partial charge in [0.2, 0.25) is 0 Å². The second-order valence-electron chi connectivity index (χ2n) is 5.30. The Morgan fingerprint density at radius 3 is 2.89 bits per heavy atom. The second-order valence-corrected chi connectivity index (χ2v) is 5.30. The molecule has 0 spiro atoms. The van der Waals surface area contributed by atoms with E-state index in [0.29, 0.717) is 0 Å². The SMILES string of the molecule is CC1(NCc2ccn(-c3ccccc3)n2)CCOC1. The van der Waals surface area contributed by atoms with Gasteiger partial charge in [-0.2, -0.15) is 5.10 Å². The smallest absolute Gasteiger partial charge is 0.0767 e. The lowest BCUT2D eigenvalue weighted by atomic mass is 10.0. The molecule has 1 unspecified atom stereocenters. The number of rotatable bonds is 4. The molecule has 0 aliphatic carbocycles. The van der Waals surface area contributed by atoms with Gasteiger partial charge in [-0.1, -0.05) is 18.2 Å². The van der Waals surface area contributed by atoms with Crippen molar-refractivity contribution >= 4 is 0 Å². The van der Waals surface area contributed by atoms with Crippen molar-refractivity contribution in [3.05, 3.63) is 48.3 Å². The van der Waals surface area contributed by atoms with Crippen molar-refractivity contribution in [1.82, 2.24) is 15.1 Å². The quantitative estimate of drug-likeness (QED) is 0.912. The molecule has 100 valence electrons. The molecule has 1 aliphatic rings. The average molecular weight is 257 g/mol. The van der Waals surface area contributed by atoms with Gasteiger partial charge in [0.05, 0.1) is 18.0 Å². The molecule has 0 radical (unpaired) electrons. The molecular formula is C15H19N3O. The normalized spacial score (nSPS) is 22.8. The fourth-order valence-corrected chi connectivity index (χ4v) is 2.29. The number of nitrogens with zero attached hydrogens (tertiary/aromatic N) is 2. The fourth-order valence-electron chi connectivity index (χ4n) is 2.29. The van der Waals surface area contributed by atoms with Gasteiger partial charge in [0.1, 0.15) is 0 Å². The van der Waals surface area contributed by atoms with Crippen molar-refractivity contribution < 1.29 is 4.74 Å². The van der Waals surface area contributed by atoms with Crippen molar-refractivity contribution in [2.24, 2.45) is 0 Å². The Hall–Kier alpha value is -1.65. The van der Waals surface area contributed by atoms with Crippen molar-refractivity contribution in [2.45, 2.75) is 25.4 Å². The molecule has 0 amide bonds. The van der Waals surface area contributed by atoms with Crippen LogP contribution in [-0.4, -0.2) is 28.5 Å². The van der Waals surface area contributed by atoms with Crippen molar-refractivity contribution in [3.63, 3.8) is 0 Å². The summed E-state index contributed by atoms with van der Waals surface area (Å²) in [4.78, 5) is 0. The Balaban J connectivity index is 1.65. The molecule has 4 heteroatoms. The number of hydrogen-bond donors (Lipinski definition) is 1. The molecule has 0 bridgehead atoms. The Morgan fingerprint density at radius 1 is 1.32 bits per heavy atom. The first-order chi connectivity index (χ1) is 9.25. The maximum atomic E-state index is 5.43. The predicted molar refractivity (Wildman–Crippen MR) is 74.2 cm³/mol. The highest BCUT2D eigenvalue weighted by atomic mass is 16.5. The lowest BCUT2D eigenvalue weighted by molar-refractivity contribution is 0.171. The molecule has 1 N–H and O–H groups in total. The summed E-state index contributed by atoms with van der Waals surface area (Å²) in [6.07, 6.45) is 3.06. The monoisotopic (exact) mass is 257 g/mol. The zero-order valence-electron chi connectivity index (χ0n) is 11.2. The third-order valence-corrected chi connectivity index (χ3v) is 3.58. The van der Waals surface area contributed by atoms with Crippen molar-refractivity contribution in [2.75, 3.05) is 13.2 Å². The fraction of sp³-hybridized carbons (Fsp3) is 0.400. The number of nitrogens with one attached hydrogen (secondary N) is 1. The van der Waals surface area contributed by atoms with E-state index in [-0.39, 0.29) is 5.54 Å². The van der Waals surface area contributed by atoms with E-state index in [1.165, 1.54) is 0 Å². The van der Waals surface area contributed by atoms with Crippen molar-refractivity contribution in [3.8, 4) is 5.69 Å². The Kier molecular flexibility index (Phi) is 3.36. The van der Waals surface area contributed by atoms with E-state index < -0.39 is 0 Å². The summed E-state index contributed by atoms with van der Waals surface area (Å²) < 4.78 is 7.34. The van der Waals surface area contributed by atoms with Crippen LogP contribution in [0.5, 0.6) is 0 Å². The van der Waals surface area contributed by atoms with Gasteiger partial charge in [-0.25, -0.2) is 4.68 Å². The molecule has 1 fully saturated rings. The first-order valence-corrected chi connectivity index (χ1v) is 6.68. The Morgan fingerprint density at radius 2 is 2.16 bits per heavy atom. The first-order valence-electron chi connectivity index (χ1n) is 6.68. The summed E-state index contributed by atoms with van der Waals surface area (Å²) in [6, 6.07) is 12.2. The third-order valence-electron chi connectivity index (χ3n) is 3.58. The van der Waals surface area contributed by atoms with Crippen LogP contribution in [-0.2, 0) is 11.3 Å². The molecule has 1 aromatic heterocycles. The standard InChI is InChI=1S/C15H19N3O/c1-15(8-10-19-12-15)16-11-13-7-9-18(17-13)14-5-3-2-4-6-14/h2-7,9,16H,8,10-12H2,1H3. The van der Waals surface area contributed by atoms with Gasteiger partial charge >= 0.3 is 0 Å². The van der Waals surface area contributed by atoms with E-state index in [1.807, 2.05) is 29.1 Å². The van der Waals surface area contributed by atoms with Crippen LogP contribution in [0.3, 0.4) is 0 Å². The van der Waals surface area contributed by atoms with Gasteiger partial charge in [-0.15, -0.1) is 0 Å². The summed E-state index contributed by atoms with van der Waals surface area (Å²) in [7, 11) is 0. The molecule has 1 saturated heterocycles. The molecule has 0 saturated carbocycles. The Bertz CT molecular complexity index is 529. The highest BCUT2D eigenvalue weighted by Crippen LogP contribution is 2.18. The minimum Gasteiger partial charge on any atom is -0.379 e. The van der Waals surface area contributed by atoms with Crippen LogP contribution in [0.4, 0.5) is 0 Å². The van der Waals surface area contributed by atoms with Crippen molar-refractivity contribution in [1.29, 1.82) is 0 Å². The third kappa shape index (κ3) is 2.85. The maximum absolute atomic E-state index is 5.43. The van der Waals surface area contributed by atoms with E-state index in [0.717, 1.165) is 37.6 Å². The summed E-state index contributed by atoms with van der Waals surface area (Å²) in [6.45, 7) is 4.61. The number of para-hydroxylation sites is 1. The minimum absolute atomic E-state index is 0.0938. The van der Waals surface area contributed by atoms with Gasteiger partial charge in [0.15, 0.2) is 0 Å². The first kappa shape index (κ1) is 12.4. The van der Waals surface area contributed by atoms with Crippen LogP contribution in [0.15, 0.2) is 42.6 Å². The summed E-state index contributed by atoms with van der Waals surface area (Å²) in [5.74, 6) is 0. The van der Waals surface area contributed by atoms with E-state index in [9.17, 15) is 0 Å². The van der Waals surface area contributed by atoms with Crippen LogP contribution in [0, 0.1) is 0 Å². The van der Waals surface area contributed by atoms with Gasteiger partial charge in [0.25, 0.3) is 0 Å². The molecule has 1 atom stereocenters. The number of benzene rings is 1. The topological polar surface area (TPSA) is 39.1 Å². The highest BCUT2D eigenvalue weighted by Gasteiger charge is 2.28. The van der Waals surface area contributed by atoms with Crippen LogP contribution in [0.25, 0.3) is 5.69 Å². The molecular weight excluding hydrogens is 238 g/mol. The summed E-state index contributed by atoms with van der Waals surface area (Å²) in [5.41, 5.74) is 2.23. The van der Waals surface area contributed by atoms with Gasteiger partial charge in [-0.3, -0.25) is 0 Å². The van der Waals surface area contributed by atoms with Gasteiger partial charge < -0.3 is 10.1 Å². The largest absolute Gasteiger partial charge is 0.379 e. The lowest BCUT2D eigenvalue weighted by Gasteiger charge is -2.22. The minimum atomic E-state index is 0.0938. The van der Waals surface area contributed by atoms with Crippen LogP contribution in [0.2, 0.25) is 0 Å². The van der Waals surface area contributed by atoms with Gasteiger partial charge in [0, 0.05) is 24.9 Å². The zero-order chi connectivity index (χ0) is 13.1. The number of hydrogen-bond acceptors (Lipinski definition) is 3. The number of aromatic nitrogens is 2. The predicted octanol–water partition coefficient (Wildman–Crippen LogP) is 2.14. The molecule has 3 rings (SSSR count). The molecule has 19 heavy (non-hydrogen) atoms. The molecule has 1 aromatic carbocycles. The maximum Gasteiger partial charge on any atom is 0.0767 e. The molecule has 1 aliphatic heterocycles. The second kappa shape index (κ2) is 5.15. The van der Waals surface area contributed by atoms with E-state index in [2.05, 4.69) is 35.5 Å². The van der Waals surface area contributed by atoms with E-state index in [1.54, 1.807) is 0 Å². The Labute approximate surface area is 113 Å². The highest BCUT2D eigenvalue weighted by molar-refractivity contribution is 5.30. The van der Waals surface area contributed by atoms with E-state index in [4.69, 9.17) is 4.74 Å². The molecule has 4 nitrogen and oxygen atoms in total. The van der Waals surface area contributed by atoms with Gasteiger partial charge in [-0.05, 0) is 31.5 Å².